The molecule has 0 atom stereocenters. The molecule has 0 spiro atoms. The summed E-state index contributed by atoms with van der Waals surface area (Å²) in [5, 5.41) is 0.656. The van der Waals surface area contributed by atoms with Gasteiger partial charge < -0.3 is 4.90 Å². The molecule has 0 unspecified atom stereocenters. The smallest absolute Gasteiger partial charge is 0.240 e. The van der Waals surface area contributed by atoms with Crippen LogP contribution in [0.5, 0.6) is 0 Å². The van der Waals surface area contributed by atoms with Gasteiger partial charge in [0, 0.05) is 13.1 Å². The standard InChI is InChI=1S/C13H15ClN2O/c14-12-9-11(15-10-17)5-6-13(12)16-7-3-1-2-4-8-16/h5-6,9H,1-4,7-8H2. The quantitative estimate of drug-likeness (QED) is 0.592. The van der Waals surface area contributed by atoms with Gasteiger partial charge in [0.1, 0.15) is 0 Å². The van der Waals surface area contributed by atoms with Crippen LogP contribution in [0, 0.1) is 0 Å². The van der Waals surface area contributed by atoms with Gasteiger partial charge in [-0.1, -0.05) is 24.4 Å². The van der Waals surface area contributed by atoms with Crippen molar-refractivity contribution in [3.63, 3.8) is 0 Å². The first-order chi connectivity index (χ1) is 8.31. The van der Waals surface area contributed by atoms with Crippen LogP contribution in [0.3, 0.4) is 0 Å². The average Bonchev–Trinajstić information content (AvgIpc) is 2.58. The van der Waals surface area contributed by atoms with Crippen LogP contribution < -0.4 is 4.90 Å². The number of aliphatic imine (C=N–C) groups is 1. The molecule has 1 saturated heterocycles. The van der Waals surface area contributed by atoms with Gasteiger partial charge >= 0.3 is 0 Å². The van der Waals surface area contributed by atoms with Gasteiger partial charge in [-0.2, -0.15) is 4.99 Å². The Morgan fingerprint density at radius 2 is 1.88 bits per heavy atom. The molecule has 0 aliphatic carbocycles. The summed E-state index contributed by atoms with van der Waals surface area (Å²) in [6.45, 7) is 2.10. The Bertz CT molecular complexity index is 433. The maximum absolute atomic E-state index is 10.2. The number of halogens is 1. The summed E-state index contributed by atoms with van der Waals surface area (Å²) in [4.78, 5) is 16.0. The molecule has 4 heteroatoms. The predicted molar refractivity (Wildman–Crippen MR) is 69.9 cm³/mol. The number of carbonyl (C=O) groups excluding carboxylic acids is 1. The second-order valence-corrected chi connectivity index (χ2v) is 4.65. The van der Waals surface area contributed by atoms with E-state index in [0.29, 0.717) is 10.7 Å². The van der Waals surface area contributed by atoms with Crippen molar-refractivity contribution in [2.24, 2.45) is 4.99 Å². The topological polar surface area (TPSA) is 32.7 Å². The Hall–Kier alpha value is -1.31. The van der Waals surface area contributed by atoms with E-state index >= 15 is 0 Å². The van der Waals surface area contributed by atoms with Crippen LogP contribution in [0.1, 0.15) is 25.7 Å². The van der Waals surface area contributed by atoms with E-state index in [4.69, 9.17) is 11.6 Å². The number of benzene rings is 1. The summed E-state index contributed by atoms with van der Waals surface area (Å²) >= 11 is 6.22. The zero-order valence-electron chi connectivity index (χ0n) is 9.66. The van der Waals surface area contributed by atoms with E-state index in [9.17, 15) is 4.79 Å². The number of isocyanates is 1. The van der Waals surface area contributed by atoms with Gasteiger partial charge in [0.25, 0.3) is 0 Å². The normalized spacial score (nSPS) is 16.2. The van der Waals surface area contributed by atoms with Gasteiger partial charge in [-0.25, -0.2) is 4.79 Å². The highest BCUT2D eigenvalue weighted by Crippen LogP contribution is 2.31. The molecule has 1 fully saturated rings. The molecule has 90 valence electrons. The van der Waals surface area contributed by atoms with E-state index in [1.54, 1.807) is 12.1 Å². The first-order valence-corrected chi connectivity index (χ1v) is 6.31. The minimum Gasteiger partial charge on any atom is -0.370 e. The Labute approximate surface area is 106 Å². The van der Waals surface area contributed by atoms with Crippen LogP contribution >= 0.6 is 11.6 Å². The third kappa shape index (κ3) is 3.09. The Morgan fingerprint density at radius 3 is 2.47 bits per heavy atom. The number of nitrogens with zero attached hydrogens (tertiary/aromatic N) is 2. The van der Waals surface area contributed by atoms with E-state index in [0.717, 1.165) is 18.8 Å². The lowest BCUT2D eigenvalue weighted by Gasteiger charge is -2.23. The van der Waals surface area contributed by atoms with Crippen LogP contribution in [-0.4, -0.2) is 19.2 Å². The van der Waals surface area contributed by atoms with Gasteiger partial charge in [0.2, 0.25) is 6.08 Å². The third-order valence-electron chi connectivity index (χ3n) is 3.05. The lowest BCUT2D eigenvalue weighted by molar-refractivity contribution is 0.565. The fourth-order valence-electron chi connectivity index (χ4n) is 2.19. The van der Waals surface area contributed by atoms with Crippen molar-refractivity contribution in [2.75, 3.05) is 18.0 Å². The van der Waals surface area contributed by atoms with Crippen molar-refractivity contribution in [3.05, 3.63) is 23.2 Å². The number of hydrogen-bond acceptors (Lipinski definition) is 3. The van der Waals surface area contributed by atoms with Crippen LogP contribution in [0.2, 0.25) is 5.02 Å². The molecule has 0 amide bonds. The molecule has 0 bridgehead atoms. The van der Waals surface area contributed by atoms with Crippen molar-refractivity contribution >= 4 is 29.1 Å². The molecule has 0 N–H and O–H groups in total. The first-order valence-electron chi connectivity index (χ1n) is 5.93. The summed E-state index contributed by atoms with van der Waals surface area (Å²) < 4.78 is 0. The second-order valence-electron chi connectivity index (χ2n) is 4.24. The fraction of sp³-hybridized carbons (Fsp3) is 0.462. The van der Waals surface area contributed by atoms with Gasteiger partial charge in [-0.3, -0.25) is 0 Å². The van der Waals surface area contributed by atoms with E-state index in [-0.39, 0.29) is 0 Å². The average molecular weight is 251 g/mol. The Balaban J connectivity index is 2.22. The highest BCUT2D eigenvalue weighted by molar-refractivity contribution is 6.33. The van der Waals surface area contributed by atoms with Gasteiger partial charge in [-0.05, 0) is 31.0 Å². The minimum absolute atomic E-state index is 0.559. The van der Waals surface area contributed by atoms with E-state index in [1.807, 2.05) is 6.07 Å². The molecule has 3 nitrogen and oxygen atoms in total. The molecule has 2 rings (SSSR count). The molecular weight excluding hydrogens is 236 g/mol. The van der Waals surface area contributed by atoms with Crippen molar-refractivity contribution in [3.8, 4) is 0 Å². The van der Waals surface area contributed by atoms with Crippen molar-refractivity contribution in [2.45, 2.75) is 25.7 Å². The molecule has 1 aliphatic heterocycles. The summed E-state index contributed by atoms with van der Waals surface area (Å²) in [6.07, 6.45) is 6.54. The largest absolute Gasteiger partial charge is 0.370 e. The van der Waals surface area contributed by atoms with Crippen LogP contribution in [0.15, 0.2) is 23.2 Å². The van der Waals surface area contributed by atoms with Crippen molar-refractivity contribution < 1.29 is 4.79 Å². The van der Waals surface area contributed by atoms with Gasteiger partial charge in [0.05, 0.1) is 16.4 Å². The molecule has 0 saturated carbocycles. The van der Waals surface area contributed by atoms with Crippen LogP contribution in [0.25, 0.3) is 0 Å². The van der Waals surface area contributed by atoms with Crippen molar-refractivity contribution in [1.29, 1.82) is 0 Å². The molecular formula is C13H15ClN2O. The third-order valence-corrected chi connectivity index (χ3v) is 3.36. The maximum Gasteiger partial charge on any atom is 0.240 e. The summed E-state index contributed by atoms with van der Waals surface area (Å²) in [5.41, 5.74) is 1.60. The molecule has 17 heavy (non-hydrogen) atoms. The molecule has 1 aliphatic rings. The zero-order valence-corrected chi connectivity index (χ0v) is 10.4. The number of hydrogen-bond donors (Lipinski definition) is 0. The van der Waals surface area contributed by atoms with Crippen LogP contribution in [-0.2, 0) is 4.79 Å². The fourth-order valence-corrected chi connectivity index (χ4v) is 2.48. The lowest BCUT2D eigenvalue weighted by Crippen LogP contribution is -2.23. The highest BCUT2D eigenvalue weighted by Gasteiger charge is 2.12. The zero-order chi connectivity index (χ0) is 12.1. The second kappa shape index (κ2) is 5.85. The van der Waals surface area contributed by atoms with Crippen molar-refractivity contribution in [1.82, 2.24) is 0 Å². The molecule has 0 radical (unpaired) electrons. The monoisotopic (exact) mass is 250 g/mol. The van der Waals surface area contributed by atoms with Gasteiger partial charge in [0.15, 0.2) is 0 Å². The molecule has 0 aromatic heterocycles. The number of anilines is 1. The highest BCUT2D eigenvalue weighted by atomic mass is 35.5. The summed E-state index contributed by atoms with van der Waals surface area (Å²) in [6, 6.07) is 5.45. The molecule has 1 aromatic rings. The van der Waals surface area contributed by atoms with E-state index in [2.05, 4.69) is 9.89 Å². The first kappa shape index (κ1) is 12.2. The van der Waals surface area contributed by atoms with Gasteiger partial charge in [-0.15, -0.1) is 0 Å². The molecule has 1 aromatic carbocycles. The Kier molecular flexibility index (Phi) is 4.18. The van der Waals surface area contributed by atoms with E-state index in [1.165, 1.54) is 31.8 Å². The summed E-state index contributed by atoms with van der Waals surface area (Å²) in [5.74, 6) is 0. The minimum atomic E-state index is 0.559. The SMILES string of the molecule is O=C=Nc1ccc(N2CCCCCC2)c(Cl)c1. The lowest BCUT2D eigenvalue weighted by atomic mass is 10.2. The number of rotatable bonds is 2. The molecule has 1 heterocycles. The maximum atomic E-state index is 10.2. The van der Waals surface area contributed by atoms with Crippen LogP contribution in [0.4, 0.5) is 11.4 Å². The Morgan fingerprint density at radius 1 is 1.18 bits per heavy atom. The summed E-state index contributed by atoms with van der Waals surface area (Å²) in [7, 11) is 0. The van der Waals surface area contributed by atoms with E-state index < -0.39 is 0 Å². The predicted octanol–water partition coefficient (Wildman–Crippen LogP) is 3.69.